The van der Waals surface area contributed by atoms with E-state index < -0.39 is 0 Å². The first kappa shape index (κ1) is 9.99. The van der Waals surface area contributed by atoms with Crippen molar-refractivity contribution in [2.24, 2.45) is 0 Å². The zero-order valence-electron chi connectivity index (χ0n) is 11.0. The van der Waals surface area contributed by atoms with Crippen molar-refractivity contribution in [1.82, 2.24) is 0 Å². The van der Waals surface area contributed by atoms with Crippen LogP contribution in [0, 0.1) is 13.8 Å². The highest BCUT2D eigenvalue weighted by molar-refractivity contribution is 5.58. The lowest BCUT2D eigenvalue weighted by molar-refractivity contribution is 0.0671. The van der Waals surface area contributed by atoms with Gasteiger partial charge in [0.05, 0.1) is 24.4 Å². The van der Waals surface area contributed by atoms with E-state index in [1.54, 1.807) is 0 Å². The van der Waals surface area contributed by atoms with Crippen LogP contribution in [0.4, 0.5) is 0 Å². The molecule has 2 nitrogen and oxygen atoms in total. The third kappa shape index (κ3) is 0.927. The molecular formula is C16H18O2. The average molecular weight is 242 g/mol. The van der Waals surface area contributed by atoms with Crippen molar-refractivity contribution >= 4 is 0 Å². The van der Waals surface area contributed by atoms with Crippen LogP contribution in [0.1, 0.15) is 83.5 Å². The number of ether oxygens (including phenoxy) is 2. The molecule has 0 aliphatic carbocycles. The second-order valence-electron chi connectivity index (χ2n) is 6.29. The van der Waals surface area contributed by atoms with Crippen LogP contribution in [0.2, 0.25) is 0 Å². The highest BCUT2D eigenvalue weighted by Crippen LogP contribution is 2.60. The van der Waals surface area contributed by atoms with Crippen LogP contribution in [0.5, 0.6) is 0 Å². The molecule has 1 aromatic rings. The Bertz CT molecular complexity index is 479. The molecule has 4 aliphatic rings. The fourth-order valence-corrected chi connectivity index (χ4v) is 4.88. The van der Waals surface area contributed by atoms with Gasteiger partial charge in [-0.05, 0) is 72.9 Å². The molecule has 0 aromatic heterocycles. The van der Waals surface area contributed by atoms with Gasteiger partial charge in [0.2, 0.25) is 0 Å². The molecule has 2 saturated heterocycles. The third-order valence-corrected chi connectivity index (χ3v) is 5.52. The summed E-state index contributed by atoms with van der Waals surface area (Å²) in [5.74, 6) is 0. The van der Waals surface area contributed by atoms with Gasteiger partial charge in [0, 0.05) is 0 Å². The van der Waals surface area contributed by atoms with Crippen molar-refractivity contribution in [3.05, 3.63) is 33.4 Å². The maximum absolute atomic E-state index is 6.13. The molecule has 0 N–H and O–H groups in total. The molecule has 0 amide bonds. The normalized spacial score (nSPS) is 38.3. The second kappa shape index (κ2) is 3.00. The summed E-state index contributed by atoms with van der Waals surface area (Å²) in [5, 5.41) is 0. The first-order valence-corrected chi connectivity index (χ1v) is 7.23. The van der Waals surface area contributed by atoms with Gasteiger partial charge in [0.1, 0.15) is 0 Å². The Morgan fingerprint density at radius 2 is 0.889 bits per heavy atom. The van der Waals surface area contributed by atoms with Gasteiger partial charge < -0.3 is 9.47 Å². The maximum atomic E-state index is 6.13. The van der Waals surface area contributed by atoms with Crippen LogP contribution in [0.25, 0.3) is 0 Å². The fraction of sp³-hybridized carbons (Fsp3) is 0.625. The van der Waals surface area contributed by atoms with Crippen LogP contribution >= 0.6 is 0 Å². The Balaban J connectivity index is 1.87. The van der Waals surface area contributed by atoms with Crippen LogP contribution < -0.4 is 0 Å². The summed E-state index contributed by atoms with van der Waals surface area (Å²) >= 11 is 0. The van der Waals surface area contributed by atoms with Crippen molar-refractivity contribution in [2.45, 2.75) is 63.9 Å². The summed E-state index contributed by atoms with van der Waals surface area (Å²) in [5.41, 5.74) is 9.09. The summed E-state index contributed by atoms with van der Waals surface area (Å²) in [6, 6.07) is 0. The highest BCUT2D eigenvalue weighted by Gasteiger charge is 2.47. The van der Waals surface area contributed by atoms with Gasteiger partial charge in [-0.25, -0.2) is 0 Å². The van der Waals surface area contributed by atoms with E-state index in [2.05, 4.69) is 13.8 Å². The molecule has 2 heteroatoms. The minimum absolute atomic E-state index is 0.383. The van der Waals surface area contributed by atoms with Crippen LogP contribution in [0.15, 0.2) is 0 Å². The van der Waals surface area contributed by atoms with E-state index in [4.69, 9.17) is 9.47 Å². The molecule has 0 spiro atoms. The van der Waals surface area contributed by atoms with E-state index in [1.165, 1.54) is 59.1 Å². The quantitative estimate of drug-likeness (QED) is 0.681. The minimum Gasteiger partial charge on any atom is -0.366 e. The average Bonchev–Trinajstić information content (AvgIpc) is 3.10. The fourth-order valence-electron chi connectivity index (χ4n) is 4.88. The third-order valence-electron chi connectivity index (χ3n) is 5.52. The Labute approximate surface area is 107 Å². The number of hydrogen-bond donors (Lipinski definition) is 0. The lowest BCUT2D eigenvalue weighted by atomic mass is 9.76. The Kier molecular flexibility index (Phi) is 1.66. The van der Waals surface area contributed by atoms with Gasteiger partial charge in [-0.2, -0.15) is 0 Å². The molecule has 5 rings (SSSR count). The van der Waals surface area contributed by atoms with E-state index in [-0.39, 0.29) is 0 Å². The standard InChI is InChI=1S/C16H18O2/c1-7-13-9-3-5-11(17-9)15(13)8(2)16-12-6-4-10(18-12)14(7)16/h9-12H,3-6H2,1-2H3/t9-,10-,11-,12-/m0/s1. The molecule has 4 atom stereocenters. The summed E-state index contributed by atoms with van der Waals surface area (Å²) in [6.45, 7) is 4.59. The number of rotatable bonds is 0. The maximum Gasteiger partial charge on any atom is 0.0840 e. The topological polar surface area (TPSA) is 18.5 Å². The van der Waals surface area contributed by atoms with Gasteiger partial charge in [-0.3, -0.25) is 0 Å². The lowest BCUT2D eigenvalue weighted by Gasteiger charge is -2.24. The first-order valence-electron chi connectivity index (χ1n) is 7.23. The molecule has 4 bridgehead atoms. The van der Waals surface area contributed by atoms with Crippen LogP contribution in [-0.4, -0.2) is 0 Å². The summed E-state index contributed by atoms with van der Waals surface area (Å²) in [4.78, 5) is 0. The van der Waals surface area contributed by atoms with Crippen LogP contribution in [-0.2, 0) is 9.47 Å². The lowest BCUT2D eigenvalue weighted by Crippen LogP contribution is -2.11. The predicted octanol–water partition coefficient (Wildman–Crippen LogP) is 4.12. The van der Waals surface area contributed by atoms with Crippen molar-refractivity contribution in [2.75, 3.05) is 0 Å². The Morgan fingerprint density at radius 3 is 1.17 bits per heavy atom. The first-order chi connectivity index (χ1) is 8.75. The van der Waals surface area contributed by atoms with E-state index in [9.17, 15) is 0 Å². The van der Waals surface area contributed by atoms with Crippen molar-refractivity contribution in [1.29, 1.82) is 0 Å². The molecule has 0 unspecified atom stereocenters. The van der Waals surface area contributed by atoms with Gasteiger partial charge in [0.25, 0.3) is 0 Å². The summed E-state index contributed by atoms with van der Waals surface area (Å²) in [6.07, 6.45) is 6.39. The summed E-state index contributed by atoms with van der Waals surface area (Å²) < 4.78 is 12.3. The molecule has 4 heterocycles. The largest absolute Gasteiger partial charge is 0.366 e. The molecular weight excluding hydrogens is 224 g/mol. The second-order valence-corrected chi connectivity index (χ2v) is 6.29. The SMILES string of the molecule is Cc1c2c(c(C)c3c1[C@@H]1CC[C@@H]3O1)[C@@H]1CC[C@@H]2O1. The number of fused-ring (bicyclic) bond motifs is 10. The van der Waals surface area contributed by atoms with E-state index in [0.29, 0.717) is 24.4 Å². The smallest absolute Gasteiger partial charge is 0.0840 e. The Hall–Kier alpha value is -0.860. The van der Waals surface area contributed by atoms with Gasteiger partial charge in [-0.15, -0.1) is 0 Å². The molecule has 94 valence electrons. The highest BCUT2D eigenvalue weighted by atomic mass is 16.5. The zero-order valence-corrected chi connectivity index (χ0v) is 11.0. The molecule has 18 heavy (non-hydrogen) atoms. The van der Waals surface area contributed by atoms with E-state index in [0.717, 1.165) is 0 Å². The van der Waals surface area contributed by atoms with Gasteiger partial charge >= 0.3 is 0 Å². The Morgan fingerprint density at radius 1 is 0.611 bits per heavy atom. The number of benzene rings is 1. The molecule has 2 fully saturated rings. The van der Waals surface area contributed by atoms with Crippen molar-refractivity contribution in [3.63, 3.8) is 0 Å². The van der Waals surface area contributed by atoms with Gasteiger partial charge in [0.15, 0.2) is 0 Å². The predicted molar refractivity (Wildman–Crippen MR) is 67.5 cm³/mol. The molecule has 0 saturated carbocycles. The minimum atomic E-state index is 0.383. The van der Waals surface area contributed by atoms with Gasteiger partial charge in [-0.1, -0.05) is 0 Å². The van der Waals surface area contributed by atoms with Crippen LogP contribution in [0.3, 0.4) is 0 Å². The van der Waals surface area contributed by atoms with E-state index >= 15 is 0 Å². The monoisotopic (exact) mass is 242 g/mol. The number of hydrogen-bond acceptors (Lipinski definition) is 2. The van der Waals surface area contributed by atoms with Crippen molar-refractivity contribution < 1.29 is 9.47 Å². The van der Waals surface area contributed by atoms with Crippen molar-refractivity contribution in [3.8, 4) is 0 Å². The van der Waals surface area contributed by atoms with E-state index in [1.807, 2.05) is 0 Å². The zero-order chi connectivity index (χ0) is 12.0. The molecule has 1 aromatic carbocycles. The molecule has 4 aliphatic heterocycles. The summed E-state index contributed by atoms with van der Waals surface area (Å²) in [7, 11) is 0. The molecule has 0 radical (unpaired) electrons.